The highest BCUT2D eigenvalue weighted by Crippen LogP contribution is 2.27. The molecular weight excluding hydrogens is 238 g/mol. The van der Waals surface area contributed by atoms with Gasteiger partial charge in [-0.2, -0.15) is 5.10 Å². The Balaban J connectivity index is 2.54. The molecule has 0 spiro atoms. The highest BCUT2D eigenvalue weighted by molar-refractivity contribution is 5.73. The molecule has 0 aliphatic rings. The predicted octanol–water partition coefficient (Wildman–Crippen LogP) is 3.22. The van der Waals surface area contributed by atoms with E-state index < -0.39 is 0 Å². The van der Waals surface area contributed by atoms with E-state index >= 15 is 0 Å². The van der Waals surface area contributed by atoms with E-state index in [0.717, 1.165) is 0 Å². The van der Waals surface area contributed by atoms with Crippen molar-refractivity contribution in [1.29, 1.82) is 0 Å². The maximum atomic E-state index is 10.9. The van der Waals surface area contributed by atoms with Crippen LogP contribution in [-0.2, 0) is 11.3 Å². The fraction of sp³-hybridized carbons (Fsp3) is 0.733. The minimum absolute atomic E-state index is 0.175. The minimum Gasteiger partial charge on any atom is -0.368 e. The third-order valence-corrected chi connectivity index (χ3v) is 3.49. The highest BCUT2D eigenvalue weighted by atomic mass is 16.1. The normalized spacial score (nSPS) is 12.5. The van der Waals surface area contributed by atoms with Crippen LogP contribution in [0.2, 0.25) is 0 Å². The van der Waals surface area contributed by atoms with Crippen LogP contribution in [0.15, 0.2) is 12.4 Å². The number of aromatic nitrogens is 2. The molecule has 1 atom stereocenters. The first kappa shape index (κ1) is 15.7. The van der Waals surface area contributed by atoms with Crippen LogP contribution in [0.4, 0.5) is 0 Å². The Hall–Kier alpha value is -1.32. The first-order valence-electron chi connectivity index (χ1n) is 7.48. The van der Waals surface area contributed by atoms with Gasteiger partial charge in [0.25, 0.3) is 0 Å². The predicted molar refractivity (Wildman–Crippen MR) is 77.8 cm³/mol. The quantitative estimate of drug-likeness (QED) is 0.660. The molecule has 0 aliphatic carbocycles. The zero-order valence-corrected chi connectivity index (χ0v) is 12.3. The van der Waals surface area contributed by atoms with E-state index in [1.165, 1.54) is 50.5 Å². The monoisotopic (exact) mass is 265 g/mol. The standard InChI is InChI=1S/C15H27N3O/c1-3-5-6-7-9-13(8-4-2)14-10-17-18(11-14)12-15(16)19/h10-11,13H,3-9,12H2,1-2H3,(H2,16,19). The smallest absolute Gasteiger partial charge is 0.239 e. The molecule has 19 heavy (non-hydrogen) atoms. The lowest BCUT2D eigenvalue weighted by Crippen LogP contribution is -2.18. The number of unbranched alkanes of at least 4 members (excludes halogenated alkanes) is 3. The molecular formula is C15H27N3O. The number of carbonyl (C=O) groups is 1. The second-order valence-corrected chi connectivity index (χ2v) is 5.27. The third-order valence-electron chi connectivity index (χ3n) is 3.49. The highest BCUT2D eigenvalue weighted by Gasteiger charge is 2.13. The van der Waals surface area contributed by atoms with Crippen molar-refractivity contribution in [3.8, 4) is 0 Å². The first-order chi connectivity index (χ1) is 9.17. The van der Waals surface area contributed by atoms with Crippen LogP contribution in [0.3, 0.4) is 0 Å². The Morgan fingerprint density at radius 3 is 2.68 bits per heavy atom. The number of rotatable bonds is 10. The maximum Gasteiger partial charge on any atom is 0.239 e. The van der Waals surface area contributed by atoms with Crippen LogP contribution in [0, 0.1) is 0 Å². The third kappa shape index (κ3) is 5.90. The molecule has 1 unspecified atom stereocenters. The maximum absolute atomic E-state index is 10.9. The Bertz CT molecular complexity index is 373. The van der Waals surface area contributed by atoms with Gasteiger partial charge in [-0.1, -0.05) is 46.0 Å². The molecule has 1 aromatic heterocycles. The van der Waals surface area contributed by atoms with Crippen molar-refractivity contribution < 1.29 is 4.79 Å². The van der Waals surface area contributed by atoms with E-state index in [4.69, 9.17) is 5.73 Å². The molecule has 1 heterocycles. The molecule has 2 N–H and O–H groups in total. The van der Waals surface area contributed by atoms with Crippen LogP contribution >= 0.6 is 0 Å². The summed E-state index contributed by atoms with van der Waals surface area (Å²) in [5.74, 6) is 0.230. The number of amides is 1. The van der Waals surface area contributed by atoms with Gasteiger partial charge in [-0.05, 0) is 24.3 Å². The van der Waals surface area contributed by atoms with Crippen molar-refractivity contribution >= 4 is 5.91 Å². The topological polar surface area (TPSA) is 60.9 Å². The summed E-state index contributed by atoms with van der Waals surface area (Å²) in [7, 11) is 0. The molecule has 1 amide bonds. The van der Waals surface area contributed by atoms with Crippen LogP contribution in [0.5, 0.6) is 0 Å². The summed E-state index contributed by atoms with van der Waals surface area (Å²) in [4.78, 5) is 10.9. The Kier molecular flexibility index (Phi) is 7.23. The second-order valence-electron chi connectivity index (χ2n) is 5.27. The molecule has 0 bridgehead atoms. The van der Waals surface area contributed by atoms with E-state index in [2.05, 4.69) is 18.9 Å². The molecule has 0 saturated heterocycles. The molecule has 0 radical (unpaired) electrons. The molecule has 0 aliphatic heterocycles. The average Bonchev–Trinajstić information content (AvgIpc) is 2.80. The molecule has 4 nitrogen and oxygen atoms in total. The van der Waals surface area contributed by atoms with Gasteiger partial charge in [-0.25, -0.2) is 0 Å². The molecule has 4 heteroatoms. The Morgan fingerprint density at radius 1 is 1.26 bits per heavy atom. The van der Waals surface area contributed by atoms with Crippen LogP contribution in [0.1, 0.15) is 70.3 Å². The van der Waals surface area contributed by atoms with Crippen molar-refractivity contribution in [1.82, 2.24) is 9.78 Å². The van der Waals surface area contributed by atoms with Crippen molar-refractivity contribution in [2.45, 2.75) is 71.3 Å². The van der Waals surface area contributed by atoms with Gasteiger partial charge in [-0.15, -0.1) is 0 Å². The number of hydrogen-bond donors (Lipinski definition) is 1. The van der Waals surface area contributed by atoms with Crippen molar-refractivity contribution in [3.63, 3.8) is 0 Å². The summed E-state index contributed by atoms with van der Waals surface area (Å²) in [6, 6.07) is 0. The van der Waals surface area contributed by atoms with Crippen LogP contribution in [-0.4, -0.2) is 15.7 Å². The van der Waals surface area contributed by atoms with Gasteiger partial charge >= 0.3 is 0 Å². The largest absolute Gasteiger partial charge is 0.368 e. The molecule has 1 rings (SSSR count). The van der Waals surface area contributed by atoms with E-state index in [9.17, 15) is 4.79 Å². The summed E-state index contributed by atoms with van der Waals surface area (Å²) in [6.07, 6.45) is 12.6. The average molecular weight is 265 g/mol. The lowest BCUT2D eigenvalue weighted by atomic mass is 9.91. The summed E-state index contributed by atoms with van der Waals surface area (Å²) in [5, 5.41) is 4.22. The lowest BCUT2D eigenvalue weighted by molar-refractivity contribution is -0.118. The molecule has 0 saturated carbocycles. The molecule has 108 valence electrons. The zero-order chi connectivity index (χ0) is 14.1. The first-order valence-corrected chi connectivity index (χ1v) is 7.48. The van der Waals surface area contributed by atoms with Gasteiger partial charge in [0.1, 0.15) is 6.54 Å². The van der Waals surface area contributed by atoms with E-state index in [1.807, 2.05) is 12.4 Å². The number of primary amides is 1. The van der Waals surface area contributed by atoms with Crippen molar-refractivity contribution in [3.05, 3.63) is 18.0 Å². The second kappa shape index (κ2) is 8.73. The van der Waals surface area contributed by atoms with Gasteiger partial charge in [0.2, 0.25) is 5.91 Å². The van der Waals surface area contributed by atoms with Gasteiger partial charge in [0, 0.05) is 6.20 Å². The van der Waals surface area contributed by atoms with Crippen LogP contribution in [0.25, 0.3) is 0 Å². The molecule has 1 aromatic rings. The van der Waals surface area contributed by atoms with Gasteiger partial charge < -0.3 is 5.73 Å². The van der Waals surface area contributed by atoms with Gasteiger partial charge in [0.15, 0.2) is 0 Å². The SMILES string of the molecule is CCCCCCC(CCC)c1cnn(CC(N)=O)c1. The Morgan fingerprint density at radius 2 is 2.05 bits per heavy atom. The number of hydrogen-bond acceptors (Lipinski definition) is 2. The Labute approximate surface area is 116 Å². The van der Waals surface area contributed by atoms with Gasteiger partial charge in [0.05, 0.1) is 6.20 Å². The van der Waals surface area contributed by atoms with Gasteiger partial charge in [-0.3, -0.25) is 9.48 Å². The molecule has 0 fully saturated rings. The van der Waals surface area contributed by atoms with E-state index in [1.54, 1.807) is 4.68 Å². The fourth-order valence-corrected chi connectivity index (χ4v) is 2.48. The summed E-state index contributed by atoms with van der Waals surface area (Å²) < 4.78 is 1.65. The fourth-order valence-electron chi connectivity index (χ4n) is 2.48. The van der Waals surface area contributed by atoms with Crippen molar-refractivity contribution in [2.75, 3.05) is 0 Å². The minimum atomic E-state index is -0.343. The number of nitrogens with two attached hydrogens (primary N) is 1. The van der Waals surface area contributed by atoms with E-state index in [-0.39, 0.29) is 12.5 Å². The van der Waals surface area contributed by atoms with E-state index in [0.29, 0.717) is 5.92 Å². The van der Waals surface area contributed by atoms with Crippen LogP contribution < -0.4 is 5.73 Å². The number of nitrogens with zero attached hydrogens (tertiary/aromatic N) is 2. The van der Waals surface area contributed by atoms with Crippen molar-refractivity contribution in [2.24, 2.45) is 5.73 Å². The molecule has 0 aromatic carbocycles. The summed E-state index contributed by atoms with van der Waals surface area (Å²) in [5.41, 5.74) is 6.43. The summed E-state index contributed by atoms with van der Waals surface area (Å²) in [6.45, 7) is 4.62. The lowest BCUT2D eigenvalue weighted by Gasteiger charge is -2.14. The summed E-state index contributed by atoms with van der Waals surface area (Å²) >= 11 is 0. The zero-order valence-electron chi connectivity index (χ0n) is 12.3. The number of carbonyl (C=O) groups excluding carboxylic acids is 1.